The minimum atomic E-state index is -3.02. The highest BCUT2D eigenvalue weighted by Crippen LogP contribution is 2.40. The highest BCUT2D eigenvalue weighted by atomic mass is 19.3. The number of hydrogen-bond donors (Lipinski definition) is 1. The fraction of sp³-hybridized carbons (Fsp3) is 0.294. The zero-order valence-corrected chi connectivity index (χ0v) is 24.0. The van der Waals surface area contributed by atoms with Crippen molar-refractivity contribution in [1.82, 2.24) is 4.90 Å². The SMILES string of the molecule is C#CC.CC1=CC(C2CN(C(=O)c3ccc(C(=N)c4cccc(C(C)(F)F)c4)c(C)c3)C2)N(C(F)F)c2ccccc21. The molecule has 4 nitrogen and oxygen atoms in total. The maximum absolute atomic E-state index is 14.1. The molecule has 1 amide bonds. The van der Waals surface area contributed by atoms with E-state index in [1.54, 1.807) is 55.1 Å². The molecule has 0 radical (unpaired) electrons. The third-order valence-corrected chi connectivity index (χ3v) is 7.64. The molecule has 1 atom stereocenters. The van der Waals surface area contributed by atoms with E-state index >= 15 is 0 Å². The number of benzene rings is 3. The number of terminal acetylenes is 1. The average Bonchev–Trinajstić information content (AvgIpc) is 2.92. The number of fused-ring (bicyclic) bond motifs is 1. The van der Waals surface area contributed by atoms with Crippen LogP contribution in [-0.4, -0.2) is 42.2 Å². The summed E-state index contributed by atoms with van der Waals surface area (Å²) in [4.78, 5) is 16.0. The van der Waals surface area contributed by atoms with E-state index in [1.807, 2.05) is 25.1 Å². The van der Waals surface area contributed by atoms with Crippen molar-refractivity contribution < 1.29 is 22.4 Å². The quantitative estimate of drug-likeness (QED) is 0.141. The van der Waals surface area contributed by atoms with Crippen LogP contribution in [0.3, 0.4) is 0 Å². The Hall–Kier alpha value is -4.38. The van der Waals surface area contributed by atoms with Crippen molar-refractivity contribution in [2.75, 3.05) is 18.0 Å². The van der Waals surface area contributed by atoms with Gasteiger partial charge in [-0.2, -0.15) is 8.78 Å². The number of allylic oxidation sites excluding steroid dienone is 1. The van der Waals surface area contributed by atoms with E-state index in [4.69, 9.17) is 5.41 Å². The van der Waals surface area contributed by atoms with Crippen LogP contribution < -0.4 is 4.90 Å². The Labute approximate surface area is 244 Å². The molecule has 2 heterocycles. The van der Waals surface area contributed by atoms with Crippen molar-refractivity contribution in [2.45, 2.75) is 46.2 Å². The number of nitrogens with one attached hydrogen (secondary N) is 1. The van der Waals surface area contributed by atoms with Crippen LogP contribution in [0, 0.1) is 30.6 Å². The molecule has 0 aromatic heterocycles. The van der Waals surface area contributed by atoms with Gasteiger partial charge in [0.1, 0.15) is 0 Å². The zero-order valence-electron chi connectivity index (χ0n) is 24.0. The van der Waals surface area contributed by atoms with Gasteiger partial charge in [-0.1, -0.05) is 48.5 Å². The second-order valence-electron chi connectivity index (χ2n) is 10.7. The van der Waals surface area contributed by atoms with E-state index in [-0.39, 0.29) is 23.1 Å². The van der Waals surface area contributed by atoms with Crippen molar-refractivity contribution in [2.24, 2.45) is 5.92 Å². The Morgan fingerprint density at radius 3 is 2.31 bits per heavy atom. The molecular formula is C34H33F4N3O. The number of carbonyl (C=O) groups excluding carboxylic acids is 1. The first-order valence-electron chi connectivity index (χ1n) is 13.6. The molecule has 0 spiro atoms. The summed E-state index contributed by atoms with van der Waals surface area (Å²) in [6.07, 6.45) is 6.47. The van der Waals surface area contributed by atoms with Crippen LogP contribution in [-0.2, 0) is 5.92 Å². The van der Waals surface area contributed by atoms with E-state index in [2.05, 4.69) is 12.3 Å². The molecule has 3 aromatic carbocycles. The lowest BCUT2D eigenvalue weighted by atomic mass is 9.84. The lowest BCUT2D eigenvalue weighted by molar-refractivity contribution is 0.0174. The molecule has 42 heavy (non-hydrogen) atoms. The number of rotatable bonds is 6. The van der Waals surface area contributed by atoms with Gasteiger partial charge in [-0.3, -0.25) is 10.2 Å². The topological polar surface area (TPSA) is 47.4 Å². The maximum atomic E-state index is 14.1. The first-order valence-corrected chi connectivity index (χ1v) is 13.6. The standard InChI is InChI=1S/C31H29F4N3O.C3H4/c1-18-13-21(11-12-25(18)28(36)20-7-6-8-23(15-20)31(3,34)35)29(39)37-16-22(17-37)27-14-19(2)24-9-4-5-10-26(24)38(27)30(32)33;1-3-2/h4-15,22,27,30,36H,16-17H2,1-3H3;1H,2H3. The normalized spacial score (nSPS) is 16.5. The fourth-order valence-corrected chi connectivity index (χ4v) is 5.48. The lowest BCUT2D eigenvalue weighted by Crippen LogP contribution is -2.59. The first kappa shape index (κ1) is 30.6. The predicted molar refractivity (Wildman–Crippen MR) is 159 cm³/mol. The molecule has 5 rings (SSSR count). The number of amides is 1. The van der Waals surface area contributed by atoms with Crippen LogP contribution in [0.2, 0.25) is 0 Å². The number of aryl methyl sites for hydroxylation is 1. The summed E-state index contributed by atoms with van der Waals surface area (Å²) in [5.41, 5.74) is 4.17. The minimum absolute atomic E-state index is 0.0911. The molecule has 8 heteroatoms. The van der Waals surface area contributed by atoms with Crippen molar-refractivity contribution in [1.29, 1.82) is 5.41 Å². The summed E-state index contributed by atoms with van der Waals surface area (Å²) in [6, 6.07) is 17.3. The summed E-state index contributed by atoms with van der Waals surface area (Å²) in [7, 11) is 0. The van der Waals surface area contributed by atoms with E-state index in [0.717, 1.165) is 23.0 Å². The number of halogens is 4. The van der Waals surface area contributed by atoms with Gasteiger partial charge in [0.2, 0.25) is 0 Å². The van der Waals surface area contributed by atoms with Crippen molar-refractivity contribution in [3.63, 3.8) is 0 Å². The van der Waals surface area contributed by atoms with Gasteiger partial charge >= 0.3 is 6.55 Å². The third-order valence-electron chi connectivity index (χ3n) is 7.64. The summed E-state index contributed by atoms with van der Waals surface area (Å²) in [5.74, 6) is -1.11. The Balaban J connectivity index is 0.00000129. The zero-order chi connectivity index (χ0) is 30.8. The Kier molecular flexibility index (Phi) is 8.91. The van der Waals surface area contributed by atoms with Gasteiger partial charge in [0, 0.05) is 59.4 Å². The smallest absolute Gasteiger partial charge is 0.315 e. The predicted octanol–water partition coefficient (Wildman–Crippen LogP) is 7.75. The van der Waals surface area contributed by atoms with Gasteiger partial charge in [0.15, 0.2) is 0 Å². The van der Waals surface area contributed by atoms with Gasteiger partial charge in [-0.05, 0) is 56.2 Å². The molecule has 1 fully saturated rings. The van der Waals surface area contributed by atoms with Crippen LogP contribution in [0.25, 0.3) is 5.57 Å². The summed E-state index contributed by atoms with van der Waals surface area (Å²) < 4.78 is 55.8. The number of likely N-dealkylation sites (tertiary alicyclic amines) is 1. The molecule has 2 aliphatic rings. The van der Waals surface area contributed by atoms with Gasteiger partial charge in [-0.25, -0.2) is 8.78 Å². The lowest BCUT2D eigenvalue weighted by Gasteiger charge is -2.48. The van der Waals surface area contributed by atoms with Crippen LogP contribution in [0.5, 0.6) is 0 Å². The van der Waals surface area contributed by atoms with E-state index in [1.165, 1.54) is 18.2 Å². The minimum Gasteiger partial charge on any atom is -0.338 e. The second kappa shape index (κ2) is 12.2. The van der Waals surface area contributed by atoms with E-state index < -0.39 is 18.5 Å². The van der Waals surface area contributed by atoms with Crippen LogP contribution in [0.1, 0.15) is 58.9 Å². The third kappa shape index (κ3) is 6.11. The number of hydrogen-bond acceptors (Lipinski definition) is 3. The van der Waals surface area contributed by atoms with E-state index in [0.29, 0.717) is 41.0 Å². The second-order valence-corrected chi connectivity index (χ2v) is 10.7. The summed E-state index contributed by atoms with van der Waals surface area (Å²) in [6.45, 7) is 4.20. The highest BCUT2D eigenvalue weighted by Gasteiger charge is 2.42. The molecule has 1 N–H and O–H groups in total. The van der Waals surface area contributed by atoms with Gasteiger partial charge in [0.05, 0.1) is 11.8 Å². The van der Waals surface area contributed by atoms with Gasteiger partial charge in [-0.15, -0.1) is 12.3 Å². The summed E-state index contributed by atoms with van der Waals surface area (Å²) in [5, 5.41) is 8.57. The fourth-order valence-electron chi connectivity index (χ4n) is 5.48. The molecule has 3 aromatic rings. The molecular weight excluding hydrogens is 542 g/mol. The Morgan fingerprint density at radius 1 is 1.02 bits per heavy atom. The molecule has 218 valence electrons. The van der Waals surface area contributed by atoms with Crippen molar-refractivity contribution in [3.05, 3.63) is 106 Å². The molecule has 2 aliphatic heterocycles. The number of alkyl halides is 4. The maximum Gasteiger partial charge on any atom is 0.315 e. The molecule has 1 saturated heterocycles. The average molecular weight is 576 g/mol. The summed E-state index contributed by atoms with van der Waals surface area (Å²) >= 11 is 0. The number of para-hydroxylation sites is 1. The van der Waals surface area contributed by atoms with Gasteiger partial charge < -0.3 is 9.80 Å². The van der Waals surface area contributed by atoms with Crippen molar-refractivity contribution in [3.8, 4) is 12.3 Å². The number of anilines is 1. The molecule has 0 bridgehead atoms. The highest BCUT2D eigenvalue weighted by molar-refractivity contribution is 6.12. The monoisotopic (exact) mass is 575 g/mol. The molecule has 1 unspecified atom stereocenters. The number of nitrogens with zero attached hydrogens (tertiary/aromatic N) is 2. The number of carbonyl (C=O) groups is 1. The van der Waals surface area contributed by atoms with Gasteiger partial charge in [0.25, 0.3) is 11.8 Å². The van der Waals surface area contributed by atoms with Crippen LogP contribution in [0.4, 0.5) is 23.2 Å². The Bertz CT molecular complexity index is 1560. The molecule has 0 saturated carbocycles. The van der Waals surface area contributed by atoms with E-state index in [9.17, 15) is 22.4 Å². The van der Waals surface area contributed by atoms with Crippen LogP contribution in [0.15, 0.2) is 72.8 Å². The first-order chi connectivity index (χ1) is 19.9. The van der Waals surface area contributed by atoms with Crippen molar-refractivity contribution >= 4 is 22.9 Å². The molecule has 0 aliphatic carbocycles. The van der Waals surface area contributed by atoms with Crippen LogP contribution >= 0.6 is 0 Å². The largest absolute Gasteiger partial charge is 0.338 e. The Morgan fingerprint density at radius 2 is 1.69 bits per heavy atom.